The normalized spacial score (nSPS) is 20.9. The number of rotatable bonds is 8. The van der Waals surface area contributed by atoms with E-state index in [0.717, 1.165) is 0 Å². The number of urea groups is 2. The summed E-state index contributed by atoms with van der Waals surface area (Å²) in [6, 6.07) is 5.95. The van der Waals surface area contributed by atoms with Crippen molar-refractivity contribution in [3.8, 4) is 0 Å². The average molecular weight is 518 g/mol. The smallest absolute Gasteiger partial charge is 0.338 e. The number of carbonyl (C=O) groups is 3. The van der Waals surface area contributed by atoms with Crippen molar-refractivity contribution in [3.63, 3.8) is 0 Å². The lowest BCUT2D eigenvalue weighted by Gasteiger charge is -2.43. The van der Waals surface area contributed by atoms with Crippen LogP contribution in [0.5, 0.6) is 0 Å². The van der Waals surface area contributed by atoms with Crippen LogP contribution in [0, 0.1) is 0 Å². The van der Waals surface area contributed by atoms with Gasteiger partial charge in [-0.05, 0) is 39.3 Å². The zero-order valence-corrected chi connectivity index (χ0v) is 22.2. The molecule has 2 aliphatic heterocycles. The maximum Gasteiger partial charge on any atom is 0.338 e. The highest BCUT2D eigenvalue weighted by Gasteiger charge is 2.40. The number of nitrogens with one attached hydrogen (secondary N) is 2. The molecule has 3 rings (SSSR count). The third-order valence-electron chi connectivity index (χ3n) is 6.22. The van der Waals surface area contributed by atoms with Crippen molar-refractivity contribution in [2.75, 3.05) is 39.3 Å². The zero-order chi connectivity index (χ0) is 26.4. The van der Waals surface area contributed by atoms with Gasteiger partial charge in [0.25, 0.3) is 0 Å². The van der Waals surface area contributed by atoms with Gasteiger partial charge in [-0.1, -0.05) is 35.9 Å². The van der Waals surface area contributed by atoms with Gasteiger partial charge in [0.1, 0.15) is 0 Å². The molecule has 0 radical (unpaired) electrons. The van der Waals surface area contributed by atoms with Gasteiger partial charge in [0.05, 0.1) is 18.2 Å². The number of amides is 4. The molecule has 1 aromatic carbocycles. The van der Waals surface area contributed by atoms with Gasteiger partial charge < -0.3 is 20.3 Å². The minimum absolute atomic E-state index is 0.0474. The summed E-state index contributed by atoms with van der Waals surface area (Å²) in [5.41, 5.74) is 1.52. The first-order valence-electron chi connectivity index (χ1n) is 12.3. The van der Waals surface area contributed by atoms with Gasteiger partial charge in [-0.3, -0.25) is 9.80 Å². The highest BCUT2D eigenvalue weighted by Crippen LogP contribution is 2.35. The van der Waals surface area contributed by atoms with Gasteiger partial charge in [-0.25, -0.2) is 14.4 Å². The van der Waals surface area contributed by atoms with Gasteiger partial charge in [-0.15, -0.1) is 6.58 Å². The van der Waals surface area contributed by atoms with Crippen molar-refractivity contribution in [2.45, 2.75) is 45.8 Å². The van der Waals surface area contributed by atoms with Gasteiger partial charge in [0.15, 0.2) is 0 Å². The average Bonchev–Trinajstić information content (AvgIpc) is 2.81. The molecule has 1 aromatic rings. The third kappa shape index (κ3) is 6.20. The van der Waals surface area contributed by atoms with Crippen LogP contribution in [0.2, 0.25) is 5.02 Å². The Bertz CT molecular complexity index is 1030. The molecular weight excluding hydrogens is 482 g/mol. The van der Waals surface area contributed by atoms with E-state index in [1.54, 1.807) is 31.2 Å². The summed E-state index contributed by atoms with van der Waals surface area (Å²) in [6.07, 6.45) is 1.62. The maximum absolute atomic E-state index is 13.3. The minimum Gasteiger partial charge on any atom is -0.463 e. The van der Waals surface area contributed by atoms with Gasteiger partial charge >= 0.3 is 18.0 Å². The van der Waals surface area contributed by atoms with Crippen LogP contribution in [-0.4, -0.2) is 84.1 Å². The van der Waals surface area contributed by atoms with Crippen molar-refractivity contribution in [1.29, 1.82) is 0 Å². The van der Waals surface area contributed by atoms with E-state index in [9.17, 15) is 14.4 Å². The first-order valence-corrected chi connectivity index (χ1v) is 12.7. The molecule has 9 nitrogen and oxygen atoms in total. The Morgan fingerprint density at radius 1 is 1.31 bits per heavy atom. The maximum atomic E-state index is 13.3. The van der Waals surface area contributed by atoms with E-state index in [4.69, 9.17) is 16.3 Å². The summed E-state index contributed by atoms with van der Waals surface area (Å²) in [4.78, 5) is 44.6. The molecule has 4 amide bonds. The Morgan fingerprint density at radius 3 is 2.64 bits per heavy atom. The molecule has 0 saturated carbocycles. The molecule has 0 bridgehead atoms. The highest BCUT2D eigenvalue weighted by atomic mass is 35.5. The highest BCUT2D eigenvalue weighted by molar-refractivity contribution is 6.31. The standard InChI is InChI=1S/C26H36ClN5O4/c1-6-12-32-21(16-30-13-14-31(18(5)15-30)25(34)28-17(3)4)22(24(33)36-7-2)23(29-26(32)35)19-10-8-9-11-20(19)27/h6,8-11,17-18,23H,1,7,12-16H2,2-5H3,(H,28,34)(H,29,35)/t18-,23-/m1/s1. The SMILES string of the molecule is C=CCN1C(=O)N[C@H](c2ccccc2Cl)C(C(=O)OCC)=C1CN1CCN(C(=O)NC(C)C)[C@H](C)C1. The fourth-order valence-electron chi connectivity index (χ4n) is 4.61. The van der Waals surface area contributed by atoms with Crippen molar-refractivity contribution < 1.29 is 19.1 Å². The first kappa shape index (κ1) is 27.5. The number of carbonyl (C=O) groups excluding carboxylic acids is 3. The van der Waals surface area contributed by atoms with Gasteiger partial charge in [0.2, 0.25) is 0 Å². The van der Waals surface area contributed by atoms with E-state index < -0.39 is 12.0 Å². The number of hydrogen-bond donors (Lipinski definition) is 2. The Hall–Kier alpha value is -3.04. The predicted molar refractivity (Wildman–Crippen MR) is 140 cm³/mol. The molecular formula is C26H36ClN5O4. The number of halogens is 1. The summed E-state index contributed by atoms with van der Waals surface area (Å²) < 4.78 is 5.44. The van der Waals surface area contributed by atoms with E-state index >= 15 is 0 Å². The fourth-order valence-corrected chi connectivity index (χ4v) is 4.85. The lowest BCUT2D eigenvalue weighted by atomic mass is 9.94. The summed E-state index contributed by atoms with van der Waals surface area (Å²) in [5, 5.41) is 6.32. The quantitative estimate of drug-likeness (QED) is 0.406. The second-order valence-corrected chi connectivity index (χ2v) is 9.67. The third-order valence-corrected chi connectivity index (χ3v) is 6.56. The van der Waals surface area contributed by atoms with E-state index in [2.05, 4.69) is 22.1 Å². The molecule has 2 heterocycles. The minimum atomic E-state index is -0.753. The van der Waals surface area contributed by atoms with Crippen LogP contribution >= 0.6 is 11.6 Å². The molecule has 36 heavy (non-hydrogen) atoms. The second-order valence-electron chi connectivity index (χ2n) is 9.27. The van der Waals surface area contributed by atoms with Gasteiger partial charge in [-0.2, -0.15) is 0 Å². The summed E-state index contributed by atoms with van der Waals surface area (Å²) in [6.45, 7) is 13.9. The van der Waals surface area contributed by atoms with Crippen molar-refractivity contribution in [3.05, 3.63) is 58.8 Å². The Kier molecular flexibility index (Phi) is 9.39. The molecule has 2 N–H and O–H groups in total. The number of nitrogens with zero attached hydrogens (tertiary/aromatic N) is 3. The number of ether oxygens (including phenoxy) is 1. The van der Waals surface area contributed by atoms with Crippen LogP contribution in [0.1, 0.15) is 39.3 Å². The van der Waals surface area contributed by atoms with Crippen LogP contribution in [0.4, 0.5) is 9.59 Å². The Morgan fingerprint density at radius 2 is 2.03 bits per heavy atom. The Balaban J connectivity index is 1.98. The molecule has 2 atom stereocenters. The molecule has 1 fully saturated rings. The summed E-state index contributed by atoms with van der Waals surface area (Å²) in [7, 11) is 0. The molecule has 1 saturated heterocycles. The predicted octanol–water partition coefficient (Wildman–Crippen LogP) is 3.53. The topological polar surface area (TPSA) is 94.2 Å². The molecule has 2 aliphatic rings. The summed E-state index contributed by atoms with van der Waals surface area (Å²) in [5.74, 6) is -0.505. The first-order chi connectivity index (χ1) is 17.2. The lowest BCUT2D eigenvalue weighted by molar-refractivity contribution is -0.139. The number of esters is 1. The van der Waals surface area contributed by atoms with E-state index in [1.807, 2.05) is 31.7 Å². The van der Waals surface area contributed by atoms with E-state index in [0.29, 0.717) is 48.0 Å². The van der Waals surface area contributed by atoms with Crippen LogP contribution in [0.3, 0.4) is 0 Å². The number of piperazine rings is 1. The van der Waals surface area contributed by atoms with Crippen molar-refractivity contribution >= 4 is 29.6 Å². The van der Waals surface area contributed by atoms with Crippen LogP contribution in [0.15, 0.2) is 48.2 Å². The van der Waals surface area contributed by atoms with Crippen LogP contribution in [-0.2, 0) is 9.53 Å². The van der Waals surface area contributed by atoms with Crippen molar-refractivity contribution in [2.24, 2.45) is 0 Å². The van der Waals surface area contributed by atoms with Crippen molar-refractivity contribution in [1.82, 2.24) is 25.3 Å². The number of benzene rings is 1. The molecule has 0 aromatic heterocycles. The van der Waals surface area contributed by atoms with E-state index in [-0.39, 0.29) is 37.3 Å². The molecule has 0 spiro atoms. The molecule has 0 unspecified atom stereocenters. The monoisotopic (exact) mass is 517 g/mol. The number of hydrogen-bond acceptors (Lipinski definition) is 5. The van der Waals surface area contributed by atoms with Gasteiger partial charge in [0, 0.05) is 55.5 Å². The molecule has 0 aliphatic carbocycles. The largest absolute Gasteiger partial charge is 0.463 e. The zero-order valence-electron chi connectivity index (χ0n) is 21.4. The van der Waals surface area contributed by atoms with Crippen LogP contribution in [0.25, 0.3) is 0 Å². The summed E-state index contributed by atoms with van der Waals surface area (Å²) >= 11 is 6.48. The van der Waals surface area contributed by atoms with Crippen LogP contribution < -0.4 is 10.6 Å². The second kappa shape index (κ2) is 12.3. The lowest BCUT2D eigenvalue weighted by Crippen LogP contribution is -2.58. The molecule has 196 valence electrons. The molecule has 10 heteroatoms. The fraction of sp³-hybridized carbons (Fsp3) is 0.500. The van der Waals surface area contributed by atoms with E-state index in [1.165, 1.54) is 4.90 Å². The Labute approximate surface area is 218 Å².